The maximum absolute atomic E-state index is 12.0. The van der Waals surface area contributed by atoms with E-state index in [1.54, 1.807) is 0 Å². The minimum Gasteiger partial charge on any atom is -0.444 e. The van der Waals surface area contributed by atoms with Crippen LogP contribution in [0.5, 0.6) is 0 Å². The van der Waals surface area contributed by atoms with E-state index in [1.165, 1.54) is 4.90 Å². The normalized spacial score (nSPS) is 13.4. The summed E-state index contributed by atoms with van der Waals surface area (Å²) in [7, 11) is 0. The van der Waals surface area contributed by atoms with Crippen molar-refractivity contribution in [2.75, 3.05) is 0 Å². The molecule has 0 saturated carbocycles. The van der Waals surface area contributed by atoms with Crippen LogP contribution in [0.2, 0.25) is 0 Å². The van der Waals surface area contributed by atoms with Gasteiger partial charge >= 0.3 is 6.09 Å². The van der Waals surface area contributed by atoms with Crippen molar-refractivity contribution in [3.8, 4) is 0 Å². The molecule has 0 rings (SSSR count). The Morgan fingerprint density at radius 3 is 2.18 bits per heavy atom. The average Bonchev–Trinajstić information content (AvgIpc) is 2.13. The lowest BCUT2D eigenvalue weighted by Gasteiger charge is -2.33. The smallest absolute Gasteiger partial charge is 0.411 e. The van der Waals surface area contributed by atoms with Crippen LogP contribution in [0.25, 0.3) is 0 Å². The monoisotopic (exact) mass is 243 g/mol. The van der Waals surface area contributed by atoms with E-state index in [0.29, 0.717) is 6.42 Å². The minimum absolute atomic E-state index is 0.0494. The van der Waals surface area contributed by atoms with Gasteiger partial charge in [-0.15, -0.1) is 0 Å². The number of rotatable bonds is 5. The molecule has 1 atom stereocenters. The molecule has 1 unspecified atom stereocenters. The van der Waals surface area contributed by atoms with Crippen molar-refractivity contribution in [1.29, 1.82) is 0 Å². The lowest BCUT2D eigenvalue weighted by Crippen LogP contribution is -2.47. The molecule has 0 aliphatic heterocycles. The van der Waals surface area contributed by atoms with Crippen molar-refractivity contribution >= 4 is 12.4 Å². The number of amides is 1. The largest absolute Gasteiger partial charge is 0.444 e. The van der Waals surface area contributed by atoms with Crippen LogP contribution in [0.4, 0.5) is 4.79 Å². The Morgan fingerprint density at radius 2 is 1.88 bits per heavy atom. The summed E-state index contributed by atoms with van der Waals surface area (Å²) in [5, 5.41) is 0. The molecule has 0 bridgehead atoms. The first-order chi connectivity index (χ1) is 7.72. The summed E-state index contributed by atoms with van der Waals surface area (Å²) in [6.45, 7) is 11.2. The fourth-order valence-corrected chi connectivity index (χ4v) is 1.61. The summed E-state index contributed by atoms with van der Waals surface area (Å²) in [6, 6.07) is -0.443. The van der Waals surface area contributed by atoms with Gasteiger partial charge < -0.3 is 9.53 Å². The van der Waals surface area contributed by atoms with Crippen molar-refractivity contribution in [2.45, 2.75) is 72.1 Å². The standard InChI is InChI=1S/C13H25NO3/c1-7-8-11(9-15)14(10(2)3)12(16)17-13(4,5)6/h9-11H,7-8H2,1-6H3. The summed E-state index contributed by atoms with van der Waals surface area (Å²) in [5.41, 5.74) is -0.538. The second kappa shape index (κ2) is 6.62. The molecule has 0 aromatic rings. The zero-order valence-electron chi connectivity index (χ0n) is 11.8. The second-order valence-corrected chi connectivity index (χ2v) is 5.47. The predicted molar refractivity (Wildman–Crippen MR) is 68.0 cm³/mol. The number of aldehydes is 1. The van der Waals surface area contributed by atoms with Gasteiger partial charge in [-0.1, -0.05) is 13.3 Å². The first-order valence-corrected chi connectivity index (χ1v) is 6.19. The number of nitrogens with zero attached hydrogens (tertiary/aromatic N) is 1. The third-order valence-corrected chi connectivity index (χ3v) is 2.26. The summed E-state index contributed by atoms with van der Waals surface area (Å²) in [4.78, 5) is 24.6. The van der Waals surface area contributed by atoms with Gasteiger partial charge in [0, 0.05) is 6.04 Å². The van der Waals surface area contributed by atoms with Crippen molar-refractivity contribution < 1.29 is 14.3 Å². The van der Waals surface area contributed by atoms with Gasteiger partial charge in [-0.2, -0.15) is 0 Å². The van der Waals surface area contributed by atoms with Crippen LogP contribution < -0.4 is 0 Å². The van der Waals surface area contributed by atoms with Gasteiger partial charge in [0.15, 0.2) is 0 Å². The van der Waals surface area contributed by atoms with Crippen molar-refractivity contribution in [1.82, 2.24) is 4.90 Å². The van der Waals surface area contributed by atoms with E-state index < -0.39 is 17.7 Å². The molecule has 0 aromatic heterocycles. The Bertz CT molecular complexity index is 256. The van der Waals surface area contributed by atoms with E-state index in [-0.39, 0.29) is 6.04 Å². The van der Waals surface area contributed by atoms with Crippen LogP contribution in [0.1, 0.15) is 54.4 Å². The lowest BCUT2D eigenvalue weighted by molar-refractivity contribution is -0.113. The predicted octanol–water partition coefficient (Wildman–Crippen LogP) is 3.00. The fourth-order valence-electron chi connectivity index (χ4n) is 1.61. The molecule has 0 aliphatic rings. The molecule has 0 radical (unpaired) electrons. The van der Waals surface area contributed by atoms with Gasteiger partial charge in [-0.25, -0.2) is 4.79 Å². The van der Waals surface area contributed by atoms with Gasteiger partial charge in [0.05, 0.1) is 6.04 Å². The van der Waals surface area contributed by atoms with E-state index in [4.69, 9.17) is 4.74 Å². The van der Waals surface area contributed by atoms with Crippen molar-refractivity contribution in [3.63, 3.8) is 0 Å². The van der Waals surface area contributed by atoms with Crippen LogP contribution >= 0.6 is 0 Å². The number of hydrogen-bond donors (Lipinski definition) is 0. The Kier molecular flexibility index (Phi) is 6.21. The van der Waals surface area contributed by atoms with E-state index in [0.717, 1.165) is 12.7 Å². The van der Waals surface area contributed by atoms with E-state index in [2.05, 4.69) is 0 Å². The molecule has 0 N–H and O–H groups in total. The molecule has 0 saturated heterocycles. The number of ether oxygens (including phenoxy) is 1. The Balaban J connectivity index is 4.83. The van der Waals surface area contributed by atoms with E-state index in [9.17, 15) is 9.59 Å². The SMILES string of the molecule is CCCC(C=O)N(C(=O)OC(C)(C)C)C(C)C. The molecule has 0 aromatic carbocycles. The summed E-state index contributed by atoms with van der Waals surface area (Å²) < 4.78 is 5.32. The van der Waals surface area contributed by atoms with Gasteiger partial charge in [0.1, 0.15) is 11.9 Å². The topological polar surface area (TPSA) is 46.6 Å². The fraction of sp³-hybridized carbons (Fsp3) is 0.846. The Labute approximate surface area is 104 Å². The molecule has 0 spiro atoms. The van der Waals surface area contributed by atoms with Gasteiger partial charge in [-0.05, 0) is 41.0 Å². The second-order valence-electron chi connectivity index (χ2n) is 5.47. The quantitative estimate of drug-likeness (QED) is 0.697. The molecule has 4 nitrogen and oxygen atoms in total. The Morgan fingerprint density at radius 1 is 1.35 bits per heavy atom. The van der Waals surface area contributed by atoms with Crippen LogP contribution in [-0.4, -0.2) is 35.0 Å². The molecule has 4 heteroatoms. The first kappa shape index (κ1) is 15.9. The molecular weight excluding hydrogens is 218 g/mol. The highest BCUT2D eigenvalue weighted by molar-refractivity contribution is 5.74. The number of hydrogen-bond acceptors (Lipinski definition) is 3. The highest BCUT2D eigenvalue weighted by Crippen LogP contribution is 2.16. The third kappa shape index (κ3) is 5.71. The van der Waals surface area contributed by atoms with Gasteiger partial charge in [-0.3, -0.25) is 4.90 Å². The van der Waals surface area contributed by atoms with E-state index >= 15 is 0 Å². The molecular formula is C13H25NO3. The molecule has 1 amide bonds. The maximum atomic E-state index is 12.0. The molecule has 0 heterocycles. The van der Waals surface area contributed by atoms with Crippen LogP contribution in [-0.2, 0) is 9.53 Å². The summed E-state index contributed by atoms with van der Waals surface area (Å²) in [6.07, 6.45) is 1.93. The molecule has 0 aliphatic carbocycles. The van der Waals surface area contributed by atoms with Crippen LogP contribution in [0, 0.1) is 0 Å². The zero-order valence-corrected chi connectivity index (χ0v) is 11.8. The maximum Gasteiger partial charge on any atom is 0.411 e. The van der Waals surface area contributed by atoms with Crippen LogP contribution in [0.3, 0.4) is 0 Å². The number of carbonyl (C=O) groups is 2. The molecule has 0 fully saturated rings. The van der Waals surface area contributed by atoms with E-state index in [1.807, 2.05) is 41.5 Å². The number of carbonyl (C=O) groups excluding carboxylic acids is 2. The third-order valence-electron chi connectivity index (χ3n) is 2.26. The molecule has 17 heavy (non-hydrogen) atoms. The highest BCUT2D eigenvalue weighted by atomic mass is 16.6. The summed E-state index contributed by atoms with van der Waals surface area (Å²) in [5.74, 6) is 0. The Hall–Kier alpha value is -1.06. The van der Waals surface area contributed by atoms with Crippen molar-refractivity contribution in [2.24, 2.45) is 0 Å². The van der Waals surface area contributed by atoms with Crippen LogP contribution in [0.15, 0.2) is 0 Å². The van der Waals surface area contributed by atoms with Crippen molar-refractivity contribution in [3.05, 3.63) is 0 Å². The average molecular weight is 243 g/mol. The first-order valence-electron chi connectivity index (χ1n) is 6.19. The zero-order chi connectivity index (χ0) is 13.6. The lowest BCUT2D eigenvalue weighted by atomic mass is 10.1. The summed E-state index contributed by atoms with van der Waals surface area (Å²) >= 11 is 0. The van der Waals surface area contributed by atoms with Gasteiger partial charge in [0.2, 0.25) is 0 Å². The molecule has 100 valence electrons. The highest BCUT2D eigenvalue weighted by Gasteiger charge is 2.29. The van der Waals surface area contributed by atoms with Gasteiger partial charge in [0.25, 0.3) is 0 Å². The minimum atomic E-state index is -0.538.